The van der Waals surface area contributed by atoms with Crippen LogP contribution in [-0.4, -0.2) is 56.7 Å². The summed E-state index contributed by atoms with van der Waals surface area (Å²) in [5.74, 6) is 0.190. The molecule has 0 bridgehead atoms. The first-order valence-electron chi connectivity index (χ1n) is 12.0. The van der Waals surface area contributed by atoms with Crippen LogP contribution < -0.4 is 25.5 Å². The van der Waals surface area contributed by atoms with Crippen molar-refractivity contribution in [2.75, 3.05) is 40.2 Å². The van der Waals surface area contributed by atoms with E-state index < -0.39 is 0 Å². The Bertz CT molecular complexity index is 1030. The van der Waals surface area contributed by atoms with Gasteiger partial charge in [-0.3, -0.25) is 14.6 Å². The van der Waals surface area contributed by atoms with Crippen molar-refractivity contribution in [1.82, 2.24) is 15.2 Å². The summed E-state index contributed by atoms with van der Waals surface area (Å²) in [5.41, 5.74) is 2.02. The fourth-order valence-corrected chi connectivity index (χ4v) is 4.36. The van der Waals surface area contributed by atoms with Crippen LogP contribution in [0, 0.1) is 6.92 Å². The molecule has 0 aliphatic heterocycles. The minimum Gasteiger partial charge on any atom is -0.482 e. The molecule has 3 rings (SSSR count). The first-order chi connectivity index (χ1) is 16.7. The number of nitrogens with zero attached hydrogens (tertiary/aromatic N) is 1. The molecule has 1 aliphatic carbocycles. The molecule has 0 unspecified atom stereocenters. The molecule has 1 aromatic carbocycles. The molecule has 2 aromatic rings. The molecule has 0 spiro atoms. The number of halogens is 1. The number of hydrogen-bond donors (Lipinski definition) is 3. The van der Waals surface area contributed by atoms with Crippen LogP contribution >= 0.6 is 11.6 Å². The largest absolute Gasteiger partial charge is 0.482 e. The molecule has 0 atom stereocenters. The molecule has 1 fully saturated rings. The Kier molecular flexibility index (Phi) is 11.4. The van der Waals surface area contributed by atoms with Crippen LogP contribution in [0.5, 0.6) is 11.8 Å². The van der Waals surface area contributed by atoms with Crippen LogP contribution in [0.2, 0.25) is 5.02 Å². The summed E-state index contributed by atoms with van der Waals surface area (Å²) in [4.78, 5) is 30.0. The van der Waals surface area contributed by atoms with Gasteiger partial charge in [0, 0.05) is 34.9 Å². The maximum Gasteiger partial charge on any atom is 0.251 e. The molecule has 1 saturated carbocycles. The molecule has 0 radical (unpaired) electrons. The van der Waals surface area contributed by atoms with Crippen molar-refractivity contribution in [2.24, 2.45) is 0 Å². The van der Waals surface area contributed by atoms with Crippen molar-refractivity contribution in [3.63, 3.8) is 0 Å². The highest BCUT2D eigenvalue weighted by atomic mass is 35.5. The van der Waals surface area contributed by atoms with Gasteiger partial charge in [0.15, 0.2) is 11.3 Å². The molecule has 35 heavy (non-hydrogen) atoms. The number of hydrogen-bond acceptors (Lipinski definition) is 6. The Morgan fingerprint density at radius 1 is 1.14 bits per heavy atom. The van der Waals surface area contributed by atoms with E-state index in [4.69, 9.17) is 21.1 Å². The second-order valence-corrected chi connectivity index (χ2v) is 9.24. The van der Waals surface area contributed by atoms with E-state index in [9.17, 15) is 9.59 Å². The van der Waals surface area contributed by atoms with Crippen LogP contribution in [0.25, 0.3) is 0 Å². The Labute approximate surface area is 213 Å². The molecule has 9 heteroatoms. The number of ether oxygens (including phenoxy) is 2. The van der Waals surface area contributed by atoms with Crippen molar-refractivity contribution >= 4 is 23.2 Å². The third-order valence-electron chi connectivity index (χ3n) is 6.21. The normalized spacial score (nSPS) is 13.6. The Morgan fingerprint density at radius 2 is 1.83 bits per heavy atom. The lowest BCUT2D eigenvalue weighted by Gasteiger charge is -2.27. The van der Waals surface area contributed by atoms with E-state index in [2.05, 4.69) is 34.6 Å². The van der Waals surface area contributed by atoms with Gasteiger partial charge >= 0.3 is 0 Å². The third kappa shape index (κ3) is 8.18. The fraction of sp³-hybridized carbons (Fsp3) is 0.538. The van der Waals surface area contributed by atoms with Gasteiger partial charge in [0.1, 0.15) is 0 Å². The van der Waals surface area contributed by atoms with E-state index in [1.807, 2.05) is 13.8 Å². The van der Waals surface area contributed by atoms with Gasteiger partial charge in [-0.25, -0.2) is 0 Å². The van der Waals surface area contributed by atoms with Crippen LogP contribution in [-0.2, 0) is 6.54 Å². The summed E-state index contributed by atoms with van der Waals surface area (Å²) >= 11 is 6.12. The minimum atomic E-state index is -0.332. The number of carbonyl (C=O) groups excluding carboxylic acids is 1. The van der Waals surface area contributed by atoms with E-state index in [1.54, 1.807) is 12.1 Å². The number of aromatic nitrogens is 1. The number of amides is 1. The van der Waals surface area contributed by atoms with Gasteiger partial charge in [-0.2, -0.15) is 0 Å². The lowest BCUT2D eigenvalue weighted by Crippen LogP contribution is -2.29. The number of rotatable bonds is 8. The zero-order valence-electron chi connectivity index (χ0n) is 21.7. The molecule has 1 aliphatic rings. The number of anilines is 1. The van der Waals surface area contributed by atoms with Gasteiger partial charge in [0.05, 0.1) is 26.3 Å². The van der Waals surface area contributed by atoms with Crippen molar-refractivity contribution in [3.8, 4) is 11.8 Å². The van der Waals surface area contributed by atoms with Crippen molar-refractivity contribution in [2.45, 2.75) is 58.5 Å². The summed E-state index contributed by atoms with van der Waals surface area (Å²) in [6.07, 6.45) is 7.20. The highest BCUT2D eigenvalue weighted by Gasteiger charge is 2.17. The van der Waals surface area contributed by atoms with Crippen molar-refractivity contribution in [1.29, 1.82) is 0 Å². The topological polar surface area (TPSA) is 95.7 Å². The van der Waals surface area contributed by atoms with Gasteiger partial charge in [0.2, 0.25) is 5.88 Å². The number of benzene rings is 1. The van der Waals surface area contributed by atoms with E-state index in [0.29, 0.717) is 22.7 Å². The van der Waals surface area contributed by atoms with Crippen molar-refractivity contribution < 1.29 is 14.3 Å². The average molecular weight is 507 g/mol. The predicted octanol–water partition coefficient (Wildman–Crippen LogP) is 4.60. The summed E-state index contributed by atoms with van der Waals surface area (Å²) in [6.45, 7) is 4.51. The van der Waals surface area contributed by atoms with Gasteiger partial charge in [-0.15, -0.1) is 0 Å². The number of methoxy groups -OCH3 is 2. The molecule has 1 heterocycles. The Morgan fingerprint density at radius 3 is 2.37 bits per heavy atom. The summed E-state index contributed by atoms with van der Waals surface area (Å²) in [6, 6.07) is 5.56. The number of carbonyl (C=O) groups is 1. The average Bonchev–Trinajstić information content (AvgIpc) is 2.85. The number of H-pyrrole nitrogens is 1. The third-order valence-corrected chi connectivity index (χ3v) is 6.43. The second kappa shape index (κ2) is 14.0. The monoisotopic (exact) mass is 506 g/mol. The maximum absolute atomic E-state index is 12.6. The minimum absolute atomic E-state index is 0.00380. The summed E-state index contributed by atoms with van der Waals surface area (Å²) < 4.78 is 10.2. The Hall–Kier alpha value is -2.71. The number of pyridine rings is 1. The van der Waals surface area contributed by atoms with Crippen LogP contribution in [0.4, 0.5) is 5.69 Å². The molecular formula is C26H39ClN4O4. The van der Waals surface area contributed by atoms with Gasteiger partial charge in [0.25, 0.3) is 5.91 Å². The SMILES string of the molecule is CCNc1cc(Cl)cc(C(=O)NCc2c(OC)[nH]c(OC)cc2=O)c1C.CN(C)C1CCCCC1. The highest BCUT2D eigenvalue weighted by molar-refractivity contribution is 6.31. The van der Waals surface area contributed by atoms with Crippen LogP contribution in [0.3, 0.4) is 0 Å². The highest BCUT2D eigenvalue weighted by Crippen LogP contribution is 2.25. The van der Waals surface area contributed by atoms with E-state index in [1.165, 1.54) is 52.4 Å². The Balaban J connectivity index is 0.000000402. The summed E-state index contributed by atoms with van der Waals surface area (Å²) in [5, 5.41) is 6.37. The lowest BCUT2D eigenvalue weighted by molar-refractivity contribution is 0.0950. The number of aromatic amines is 1. The van der Waals surface area contributed by atoms with Gasteiger partial charge < -0.3 is 25.0 Å². The van der Waals surface area contributed by atoms with Gasteiger partial charge in [-0.05, 0) is 58.5 Å². The molecule has 3 N–H and O–H groups in total. The molecule has 8 nitrogen and oxygen atoms in total. The zero-order valence-corrected chi connectivity index (χ0v) is 22.5. The first kappa shape index (κ1) is 28.5. The molecular weight excluding hydrogens is 468 g/mol. The van der Waals surface area contributed by atoms with Crippen LogP contribution in [0.1, 0.15) is 60.5 Å². The summed E-state index contributed by atoms with van der Waals surface area (Å²) in [7, 11) is 7.25. The lowest BCUT2D eigenvalue weighted by atomic mass is 9.95. The van der Waals surface area contributed by atoms with Gasteiger partial charge in [-0.1, -0.05) is 30.9 Å². The van der Waals surface area contributed by atoms with E-state index in [-0.39, 0.29) is 29.6 Å². The quantitative estimate of drug-likeness (QED) is 0.484. The van der Waals surface area contributed by atoms with Crippen molar-refractivity contribution in [3.05, 3.63) is 50.1 Å². The molecule has 1 aromatic heterocycles. The molecule has 0 saturated heterocycles. The zero-order chi connectivity index (χ0) is 26.0. The molecule has 1 amide bonds. The van der Waals surface area contributed by atoms with E-state index in [0.717, 1.165) is 17.3 Å². The van der Waals surface area contributed by atoms with Crippen LogP contribution in [0.15, 0.2) is 23.0 Å². The fourth-order valence-electron chi connectivity index (χ4n) is 4.14. The number of nitrogens with one attached hydrogen (secondary N) is 3. The smallest absolute Gasteiger partial charge is 0.251 e. The van der Waals surface area contributed by atoms with E-state index >= 15 is 0 Å². The second-order valence-electron chi connectivity index (χ2n) is 8.81. The first-order valence-corrected chi connectivity index (χ1v) is 12.4. The molecule has 194 valence electrons. The maximum atomic E-state index is 12.6. The predicted molar refractivity (Wildman–Crippen MR) is 142 cm³/mol. The standard InChI is InChI=1S/C18H22ClN3O4.C8H17N/c1-5-20-14-7-11(19)6-12(10(14)2)17(24)21-9-13-15(23)8-16(25-3)22-18(13)26-4;1-9(2)8-6-4-3-5-7-8/h6-8,20H,5,9H2,1-4H3,(H,21,24)(H,22,23);8H,3-7H2,1-2H3.